The van der Waals surface area contributed by atoms with Crippen LogP contribution < -0.4 is 4.72 Å². The van der Waals surface area contributed by atoms with Gasteiger partial charge in [-0.2, -0.15) is 0 Å². The number of carbonyl (C=O) groups excluding carboxylic acids is 1. The Labute approximate surface area is 188 Å². The number of nitrogens with zero attached hydrogens (tertiary/aromatic N) is 2. The molecule has 3 aromatic rings. The Kier molecular flexibility index (Phi) is 5.92. The van der Waals surface area contributed by atoms with Gasteiger partial charge in [-0.05, 0) is 38.5 Å². The van der Waals surface area contributed by atoms with E-state index in [2.05, 4.69) is 9.71 Å². The van der Waals surface area contributed by atoms with Crippen molar-refractivity contribution in [3.8, 4) is 0 Å². The van der Waals surface area contributed by atoms with Crippen LogP contribution in [0, 0.1) is 0 Å². The Bertz CT molecular complexity index is 1220. The second-order valence-electron chi connectivity index (χ2n) is 8.98. The van der Waals surface area contributed by atoms with Crippen molar-refractivity contribution in [2.75, 3.05) is 13.1 Å². The van der Waals surface area contributed by atoms with Gasteiger partial charge in [-0.25, -0.2) is 17.9 Å². The van der Waals surface area contributed by atoms with E-state index in [0.717, 1.165) is 10.9 Å². The molecule has 0 saturated carbocycles. The Morgan fingerprint density at radius 2 is 1.81 bits per heavy atom. The number of fused-ring (bicyclic) bond motifs is 1. The van der Waals surface area contributed by atoms with E-state index in [-0.39, 0.29) is 17.4 Å². The lowest BCUT2D eigenvalue weighted by molar-refractivity contribution is 0.0290. The Morgan fingerprint density at radius 3 is 2.53 bits per heavy atom. The molecule has 2 aromatic carbocycles. The number of aromatic nitrogens is 1. The molecular weight excluding hydrogens is 426 g/mol. The summed E-state index contributed by atoms with van der Waals surface area (Å²) < 4.78 is 35.2. The van der Waals surface area contributed by atoms with Gasteiger partial charge in [0.25, 0.3) is 0 Å². The van der Waals surface area contributed by atoms with E-state index in [4.69, 9.17) is 4.74 Å². The summed E-state index contributed by atoms with van der Waals surface area (Å²) in [5.41, 5.74) is 0.335. The zero-order valence-corrected chi connectivity index (χ0v) is 19.2. The molecule has 0 bridgehead atoms. The van der Waals surface area contributed by atoms with E-state index in [1.54, 1.807) is 35.5 Å². The summed E-state index contributed by atoms with van der Waals surface area (Å²) in [5.74, 6) is -0.199. The Hall–Kier alpha value is -2.97. The number of hydrogen-bond acceptors (Lipinski definition) is 5. The number of hydrogen-bond donors (Lipinski definition) is 1. The van der Waals surface area contributed by atoms with E-state index >= 15 is 0 Å². The molecule has 168 valence electrons. The number of rotatable bonds is 4. The maximum absolute atomic E-state index is 13.4. The van der Waals surface area contributed by atoms with Crippen molar-refractivity contribution >= 4 is 26.9 Å². The molecule has 0 aliphatic carbocycles. The van der Waals surface area contributed by atoms with Gasteiger partial charge in [0.1, 0.15) is 5.60 Å². The SMILES string of the molecule is CC(C)(C)OC(=O)N1C[C@@H](NS(=O)(=O)c2cccc3cnccc23)[C@H](c2ccccc2)C1. The summed E-state index contributed by atoms with van der Waals surface area (Å²) in [7, 11) is -3.85. The van der Waals surface area contributed by atoms with Gasteiger partial charge in [-0.15, -0.1) is 0 Å². The number of benzene rings is 2. The third-order valence-electron chi connectivity index (χ3n) is 5.44. The van der Waals surface area contributed by atoms with Gasteiger partial charge in [-0.1, -0.05) is 42.5 Å². The van der Waals surface area contributed by atoms with Crippen LogP contribution in [0.1, 0.15) is 32.3 Å². The van der Waals surface area contributed by atoms with Crippen molar-refractivity contribution in [1.29, 1.82) is 0 Å². The van der Waals surface area contributed by atoms with Crippen LogP contribution in [0.25, 0.3) is 10.8 Å². The van der Waals surface area contributed by atoms with Crippen LogP contribution in [0.3, 0.4) is 0 Å². The molecule has 0 spiro atoms. The van der Waals surface area contributed by atoms with Gasteiger partial charge in [0.2, 0.25) is 10.0 Å². The lowest BCUT2D eigenvalue weighted by Gasteiger charge is -2.24. The summed E-state index contributed by atoms with van der Waals surface area (Å²) in [4.78, 5) is 18.6. The molecule has 8 heteroatoms. The molecule has 0 unspecified atom stereocenters. The van der Waals surface area contributed by atoms with Crippen LogP contribution in [0.15, 0.2) is 71.9 Å². The molecule has 2 atom stereocenters. The molecule has 1 aromatic heterocycles. The van der Waals surface area contributed by atoms with Crippen molar-refractivity contribution in [1.82, 2.24) is 14.6 Å². The van der Waals surface area contributed by atoms with E-state index in [1.165, 1.54) is 0 Å². The van der Waals surface area contributed by atoms with Crippen molar-refractivity contribution in [3.63, 3.8) is 0 Å². The van der Waals surface area contributed by atoms with Crippen LogP contribution >= 0.6 is 0 Å². The molecule has 1 aliphatic heterocycles. The van der Waals surface area contributed by atoms with Crippen LogP contribution in [0.5, 0.6) is 0 Å². The number of ether oxygens (including phenoxy) is 1. The monoisotopic (exact) mass is 453 g/mol. The van der Waals surface area contributed by atoms with Gasteiger partial charge in [0.15, 0.2) is 0 Å². The first-order valence-electron chi connectivity index (χ1n) is 10.5. The van der Waals surface area contributed by atoms with Gasteiger partial charge in [0, 0.05) is 48.2 Å². The van der Waals surface area contributed by atoms with Crippen molar-refractivity contribution in [2.24, 2.45) is 0 Å². The lowest BCUT2D eigenvalue weighted by Crippen LogP contribution is -2.41. The summed E-state index contributed by atoms with van der Waals surface area (Å²) in [5, 5.41) is 1.35. The molecular formula is C24H27N3O4S. The first-order chi connectivity index (χ1) is 15.1. The molecule has 1 N–H and O–H groups in total. The number of likely N-dealkylation sites (tertiary alicyclic amines) is 1. The molecule has 2 heterocycles. The van der Waals surface area contributed by atoms with Crippen molar-refractivity contribution in [3.05, 3.63) is 72.6 Å². The van der Waals surface area contributed by atoms with Crippen LogP contribution in [-0.2, 0) is 14.8 Å². The molecule has 7 nitrogen and oxygen atoms in total. The Balaban J connectivity index is 1.65. The van der Waals surface area contributed by atoms with Crippen LogP contribution in [0.2, 0.25) is 0 Å². The molecule has 1 fully saturated rings. The first-order valence-corrected chi connectivity index (χ1v) is 12.0. The zero-order valence-electron chi connectivity index (χ0n) is 18.4. The third-order valence-corrected chi connectivity index (χ3v) is 6.98. The van der Waals surface area contributed by atoms with E-state index in [1.807, 2.05) is 57.2 Å². The minimum absolute atomic E-state index is 0.194. The molecule has 1 aliphatic rings. The minimum atomic E-state index is -3.85. The number of pyridine rings is 1. The van der Waals surface area contributed by atoms with Crippen LogP contribution in [0.4, 0.5) is 4.79 Å². The molecule has 32 heavy (non-hydrogen) atoms. The first kappa shape index (κ1) is 22.2. The normalized spacial score (nSPS) is 19.3. The number of amides is 1. The average molecular weight is 454 g/mol. The summed E-state index contributed by atoms with van der Waals surface area (Å²) in [6.07, 6.45) is 2.77. The number of nitrogens with one attached hydrogen (secondary N) is 1. The quantitative estimate of drug-likeness (QED) is 0.647. The minimum Gasteiger partial charge on any atom is -0.444 e. The zero-order chi connectivity index (χ0) is 22.9. The number of carbonyl (C=O) groups is 1. The number of sulfonamides is 1. The molecule has 1 saturated heterocycles. The standard InChI is InChI=1S/C24H27N3O4S/c1-24(2,3)31-23(28)27-15-20(17-8-5-4-6-9-17)21(16-27)26-32(29,30)22-11-7-10-18-14-25-13-12-19(18)22/h4-14,20-21,26H,15-16H2,1-3H3/t20-,21+/m0/s1. The summed E-state index contributed by atoms with van der Waals surface area (Å²) in [6.45, 7) is 6.02. The maximum atomic E-state index is 13.4. The van der Waals surface area contributed by atoms with Crippen molar-refractivity contribution < 1.29 is 17.9 Å². The van der Waals surface area contributed by atoms with Gasteiger partial charge < -0.3 is 9.64 Å². The van der Waals surface area contributed by atoms with E-state index in [9.17, 15) is 13.2 Å². The highest BCUT2D eigenvalue weighted by molar-refractivity contribution is 7.89. The fraction of sp³-hybridized carbons (Fsp3) is 0.333. The second-order valence-corrected chi connectivity index (χ2v) is 10.7. The Morgan fingerprint density at radius 1 is 1.06 bits per heavy atom. The molecule has 1 amide bonds. The lowest BCUT2D eigenvalue weighted by atomic mass is 9.95. The fourth-order valence-electron chi connectivity index (χ4n) is 4.03. The summed E-state index contributed by atoms with van der Waals surface area (Å²) >= 11 is 0. The predicted molar refractivity (Wildman–Crippen MR) is 123 cm³/mol. The largest absolute Gasteiger partial charge is 0.444 e. The highest BCUT2D eigenvalue weighted by atomic mass is 32.2. The van der Waals surface area contributed by atoms with Crippen molar-refractivity contribution in [2.45, 2.75) is 43.2 Å². The highest BCUT2D eigenvalue weighted by Gasteiger charge is 2.40. The maximum Gasteiger partial charge on any atom is 0.410 e. The third kappa shape index (κ3) is 4.76. The topological polar surface area (TPSA) is 88.6 Å². The second kappa shape index (κ2) is 8.52. The highest BCUT2D eigenvalue weighted by Crippen LogP contribution is 2.31. The predicted octanol–water partition coefficient (Wildman–Crippen LogP) is 3.92. The van der Waals surface area contributed by atoms with Crippen LogP contribution in [-0.4, -0.2) is 49.1 Å². The van der Waals surface area contributed by atoms with Gasteiger partial charge >= 0.3 is 6.09 Å². The molecule has 0 radical (unpaired) electrons. The molecule has 4 rings (SSSR count). The van der Waals surface area contributed by atoms with Gasteiger partial charge in [0.05, 0.1) is 4.90 Å². The van der Waals surface area contributed by atoms with E-state index in [0.29, 0.717) is 11.9 Å². The van der Waals surface area contributed by atoms with Gasteiger partial charge in [-0.3, -0.25) is 4.98 Å². The van der Waals surface area contributed by atoms with E-state index < -0.39 is 27.8 Å². The smallest absolute Gasteiger partial charge is 0.410 e. The fourth-order valence-corrected chi connectivity index (χ4v) is 5.52. The summed E-state index contributed by atoms with van der Waals surface area (Å²) in [6, 6.07) is 16.0. The average Bonchev–Trinajstić information content (AvgIpc) is 3.16.